The van der Waals surface area contributed by atoms with Crippen LogP contribution in [0.2, 0.25) is 0 Å². The summed E-state index contributed by atoms with van der Waals surface area (Å²) in [6, 6.07) is 8.69. The van der Waals surface area contributed by atoms with E-state index in [9.17, 15) is 0 Å². The predicted octanol–water partition coefficient (Wildman–Crippen LogP) is 2.36. The molecule has 3 rings (SSSR count). The molecule has 0 fully saturated rings. The van der Waals surface area contributed by atoms with Crippen molar-refractivity contribution in [1.82, 2.24) is 0 Å². The Labute approximate surface area is 90.0 Å². The number of nitrogens with zero attached hydrogens (tertiary/aromatic N) is 1. The molecular weight excluding hydrogens is 186 g/mol. The van der Waals surface area contributed by atoms with Crippen molar-refractivity contribution < 1.29 is 4.74 Å². The van der Waals surface area contributed by atoms with Gasteiger partial charge in [0.1, 0.15) is 12.1 Å². The van der Waals surface area contributed by atoms with Crippen LogP contribution in [0.5, 0.6) is 0 Å². The molecule has 0 saturated carbocycles. The van der Waals surface area contributed by atoms with Gasteiger partial charge in [0.2, 0.25) is 0 Å². The summed E-state index contributed by atoms with van der Waals surface area (Å²) in [5.41, 5.74) is 2.99. The van der Waals surface area contributed by atoms with E-state index in [1.807, 2.05) is 6.92 Å². The molecule has 0 N–H and O–H groups in total. The zero-order valence-corrected chi connectivity index (χ0v) is 8.99. The third-order valence-corrected chi connectivity index (χ3v) is 3.44. The highest BCUT2D eigenvalue weighted by Gasteiger charge is 2.38. The van der Waals surface area contributed by atoms with E-state index in [0.29, 0.717) is 0 Å². The number of hydrogen-bond acceptors (Lipinski definition) is 2. The third-order valence-electron chi connectivity index (χ3n) is 3.44. The summed E-state index contributed by atoms with van der Waals surface area (Å²) in [5, 5.41) is 0. The Morgan fingerprint density at radius 1 is 1.27 bits per heavy atom. The normalized spacial score (nSPS) is 28.5. The summed E-state index contributed by atoms with van der Waals surface area (Å²) in [4.78, 5) is 4.67. The first-order valence-corrected chi connectivity index (χ1v) is 5.54. The molecule has 2 aliphatic rings. The van der Waals surface area contributed by atoms with E-state index in [1.165, 1.54) is 11.1 Å². The van der Waals surface area contributed by atoms with Crippen molar-refractivity contribution in [3.63, 3.8) is 0 Å². The van der Waals surface area contributed by atoms with E-state index < -0.39 is 0 Å². The molecule has 1 aromatic rings. The van der Waals surface area contributed by atoms with E-state index in [-0.39, 0.29) is 5.54 Å². The van der Waals surface area contributed by atoms with Crippen molar-refractivity contribution >= 4 is 5.90 Å². The third kappa shape index (κ3) is 1.44. The van der Waals surface area contributed by atoms with Crippen molar-refractivity contribution in [1.29, 1.82) is 0 Å². The second-order valence-corrected chi connectivity index (χ2v) is 4.59. The number of ether oxygens (including phenoxy) is 1. The van der Waals surface area contributed by atoms with Gasteiger partial charge in [-0.25, -0.2) is 4.99 Å². The highest BCUT2D eigenvalue weighted by Crippen LogP contribution is 2.34. The topological polar surface area (TPSA) is 21.6 Å². The Balaban J connectivity index is 1.95. The molecule has 2 heteroatoms. The minimum Gasteiger partial charge on any atom is -0.479 e. The lowest BCUT2D eigenvalue weighted by molar-refractivity contribution is 0.236. The highest BCUT2D eigenvalue weighted by atomic mass is 16.5. The summed E-state index contributed by atoms with van der Waals surface area (Å²) in [6.07, 6.45) is 3.30. The molecule has 1 spiro atoms. The first kappa shape index (κ1) is 8.96. The Hall–Kier alpha value is -1.31. The monoisotopic (exact) mass is 201 g/mol. The zero-order valence-electron chi connectivity index (χ0n) is 8.99. The zero-order chi connectivity index (χ0) is 10.3. The SMILES string of the molecule is CC1=N[C@]2(CCc3ccccc3C2)CO1. The van der Waals surface area contributed by atoms with Gasteiger partial charge in [-0.05, 0) is 24.0 Å². The summed E-state index contributed by atoms with van der Waals surface area (Å²) >= 11 is 0. The van der Waals surface area contributed by atoms with E-state index >= 15 is 0 Å². The Morgan fingerprint density at radius 2 is 2.07 bits per heavy atom. The average molecular weight is 201 g/mol. The van der Waals surface area contributed by atoms with Gasteiger partial charge in [0.25, 0.3) is 0 Å². The minimum atomic E-state index is 0.0540. The number of aryl methyl sites for hydroxylation is 1. The van der Waals surface area contributed by atoms with Crippen molar-refractivity contribution in [2.24, 2.45) is 4.99 Å². The number of benzene rings is 1. The second-order valence-electron chi connectivity index (χ2n) is 4.59. The van der Waals surface area contributed by atoms with Crippen LogP contribution in [0.3, 0.4) is 0 Å². The molecule has 2 nitrogen and oxygen atoms in total. The summed E-state index contributed by atoms with van der Waals surface area (Å²) in [5.74, 6) is 0.856. The van der Waals surface area contributed by atoms with Gasteiger partial charge in [-0.2, -0.15) is 0 Å². The lowest BCUT2D eigenvalue weighted by Gasteiger charge is -2.30. The first-order chi connectivity index (χ1) is 7.27. The molecule has 1 atom stereocenters. The van der Waals surface area contributed by atoms with Crippen molar-refractivity contribution in [2.45, 2.75) is 31.7 Å². The van der Waals surface area contributed by atoms with Crippen molar-refractivity contribution in [3.05, 3.63) is 35.4 Å². The molecule has 0 bridgehead atoms. The van der Waals surface area contributed by atoms with Crippen LogP contribution in [0.4, 0.5) is 0 Å². The van der Waals surface area contributed by atoms with Crippen LogP contribution in [0.15, 0.2) is 29.3 Å². The maximum atomic E-state index is 5.51. The maximum absolute atomic E-state index is 5.51. The average Bonchev–Trinajstić information content (AvgIpc) is 2.60. The summed E-state index contributed by atoms with van der Waals surface area (Å²) in [6.45, 7) is 2.72. The van der Waals surface area contributed by atoms with Crippen LogP contribution >= 0.6 is 0 Å². The van der Waals surface area contributed by atoms with Gasteiger partial charge in [-0.15, -0.1) is 0 Å². The summed E-state index contributed by atoms with van der Waals surface area (Å²) in [7, 11) is 0. The standard InChI is InChI=1S/C13H15NO/c1-10-14-13(9-15-10)7-6-11-4-2-3-5-12(11)8-13/h2-5H,6-9H2,1H3/t13-/m0/s1. The van der Waals surface area contributed by atoms with Gasteiger partial charge in [-0.1, -0.05) is 24.3 Å². The molecule has 0 unspecified atom stereocenters. The van der Waals surface area contributed by atoms with E-state index in [1.54, 1.807) is 0 Å². The van der Waals surface area contributed by atoms with E-state index in [2.05, 4.69) is 29.3 Å². The molecule has 0 aromatic heterocycles. The Kier molecular flexibility index (Phi) is 1.84. The number of rotatable bonds is 0. The summed E-state index contributed by atoms with van der Waals surface area (Å²) < 4.78 is 5.51. The molecule has 0 radical (unpaired) electrons. The number of fused-ring (bicyclic) bond motifs is 1. The Bertz CT molecular complexity index is 424. The Morgan fingerprint density at radius 3 is 2.80 bits per heavy atom. The van der Waals surface area contributed by atoms with Gasteiger partial charge in [-0.3, -0.25) is 0 Å². The molecular formula is C13H15NO. The first-order valence-electron chi connectivity index (χ1n) is 5.54. The van der Waals surface area contributed by atoms with Gasteiger partial charge >= 0.3 is 0 Å². The van der Waals surface area contributed by atoms with Gasteiger partial charge in [0.15, 0.2) is 5.90 Å². The molecule has 78 valence electrons. The molecule has 1 aromatic carbocycles. The van der Waals surface area contributed by atoms with Gasteiger partial charge in [0.05, 0.1) is 0 Å². The van der Waals surface area contributed by atoms with Crippen LogP contribution < -0.4 is 0 Å². The minimum absolute atomic E-state index is 0.0540. The van der Waals surface area contributed by atoms with Crippen molar-refractivity contribution in [2.75, 3.05) is 6.61 Å². The van der Waals surface area contributed by atoms with E-state index in [4.69, 9.17) is 4.74 Å². The molecule has 1 aliphatic heterocycles. The largest absolute Gasteiger partial charge is 0.479 e. The fourth-order valence-electron chi connectivity index (χ4n) is 2.64. The van der Waals surface area contributed by atoms with Crippen LogP contribution in [0, 0.1) is 0 Å². The molecule has 15 heavy (non-hydrogen) atoms. The molecule has 0 saturated heterocycles. The van der Waals surface area contributed by atoms with Gasteiger partial charge < -0.3 is 4.74 Å². The van der Waals surface area contributed by atoms with E-state index in [0.717, 1.165) is 31.8 Å². The lowest BCUT2D eigenvalue weighted by atomic mass is 9.79. The van der Waals surface area contributed by atoms with Crippen LogP contribution in [0.1, 0.15) is 24.5 Å². The second kappa shape index (κ2) is 3.09. The maximum Gasteiger partial charge on any atom is 0.180 e. The van der Waals surface area contributed by atoms with Gasteiger partial charge in [0, 0.05) is 13.3 Å². The number of aliphatic imine (C=N–C) groups is 1. The predicted molar refractivity (Wildman–Crippen MR) is 60.3 cm³/mol. The highest BCUT2D eigenvalue weighted by molar-refractivity contribution is 5.75. The fourth-order valence-corrected chi connectivity index (χ4v) is 2.64. The number of hydrogen-bond donors (Lipinski definition) is 0. The van der Waals surface area contributed by atoms with Crippen LogP contribution in [-0.2, 0) is 17.6 Å². The fraction of sp³-hybridized carbons (Fsp3) is 0.462. The molecule has 1 heterocycles. The van der Waals surface area contributed by atoms with Crippen LogP contribution in [-0.4, -0.2) is 18.0 Å². The lowest BCUT2D eigenvalue weighted by Crippen LogP contribution is -2.35. The quantitative estimate of drug-likeness (QED) is 0.631. The smallest absolute Gasteiger partial charge is 0.180 e. The van der Waals surface area contributed by atoms with Crippen LogP contribution in [0.25, 0.3) is 0 Å². The molecule has 0 amide bonds. The van der Waals surface area contributed by atoms with Crippen molar-refractivity contribution in [3.8, 4) is 0 Å². The molecule has 1 aliphatic carbocycles.